The number of amides is 15. The highest BCUT2D eigenvalue weighted by Gasteiger charge is 2.53. The molecule has 15 amide bonds. The number of carboxylic acids is 1. The number of unbranched alkanes of at least 4 members (excludes halogenated alkanes) is 2. The zero-order valence-electron chi connectivity index (χ0n) is 56.7. The van der Waals surface area contributed by atoms with Gasteiger partial charge in [-0.05, 0) is 79.1 Å². The van der Waals surface area contributed by atoms with Gasteiger partial charge in [-0.25, -0.2) is 4.79 Å². The van der Waals surface area contributed by atoms with Crippen molar-refractivity contribution in [2.45, 2.75) is 240 Å². The monoisotopic (exact) mass is 1450 g/mol. The average Bonchev–Trinajstić information content (AvgIpc) is 0.775. The summed E-state index contributed by atoms with van der Waals surface area (Å²) in [6.07, 6.45) is -18.1. The van der Waals surface area contributed by atoms with Gasteiger partial charge in [-0.2, -0.15) is 0 Å². The number of nitrogens with two attached hydrogens (primary N) is 6. The number of carboxylic acid groups (broad SMARTS) is 1. The second-order valence-corrected chi connectivity index (χ2v) is 24.2. The van der Waals surface area contributed by atoms with Gasteiger partial charge in [0.2, 0.25) is 88.6 Å². The molecule has 43 heteroatoms. The number of ether oxygens (including phenoxy) is 4. The van der Waals surface area contributed by atoms with Crippen LogP contribution in [0.15, 0.2) is 0 Å². The van der Waals surface area contributed by atoms with Crippen molar-refractivity contribution in [2.24, 2.45) is 34.4 Å². The van der Waals surface area contributed by atoms with Crippen molar-refractivity contribution in [1.29, 1.82) is 0 Å². The van der Waals surface area contributed by atoms with Crippen molar-refractivity contribution in [2.75, 3.05) is 26.3 Å². The molecule has 0 bridgehead atoms. The van der Waals surface area contributed by atoms with Crippen LogP contribution in [0.25, 0.3) is 0 Å². The number of hydrogen-bond donors (Lipinski definition) is 23. The maximum absolute atomic E-state index is 13.8. The van der Waals surface area contributed by atoms with Crippen molar-refractivity contribution in [3.8, 4) is 0 Å². The highest BCUT2D eigenvalue weighted by Crippen LogP contribution is 2.31. The van der Waals surface area contributed by atoms with Gasteiger partial charge in [-0.15, -0.1) is 0 Å². The van der Waals surface area contributed by atoms with Gasteiger partial charge in [0.05, 0.1) is 38.1 Å². The molecule has 2 aliphatic heterocycles. The van der Waals surface area contributed by atoms with E-state index in [4.69, 9.17) is 53.3 Å². The minimum Gasteiger partial charge on any atom is -0.480 e. The predicted octanol–water partition coefficient (Wildman–Crippen LogP) is -12.6. The second kappa shape index (κ2) is 43.7. The average molecular weight is 1450 g/mol. The van der Waals surface area contributed by atoms with Crippen molar-refractivity contribution < 1.29 is 126 Å². The van der Waals surface area contributed by atoms with Gasteiger partial charge >= 0.3 is 5.97 Å². The van der Waals surface area contributed by atoms with Gasteiger partial charge in [0.25, 0.3) is 0 Å². The van der Waals surface area contributed by atoms with E-state index in [0.717, 1.165) is 20.8 Å². The first kappa shape index (κ1) is 88.2. The van der Waals surface area contributed by atoms with E-state index in [1.54, 1.807) is 0 Å². The fourth-order valence-corrected chi connectivity index (χ4v) is 9.93. The van der Waals surface area contributed by atoms with E-state index >= 15 is 0 Å². The molecule has 0 aromatic carbocycles. The summed E-state index contributed by atoms with van der Waals surface area (Å²) in [5.41, 5.74) is 32.5. The normalized spacial score (nSPS) is 23.2. The lowest BCUT2D eigenvalue weighted by Gasteiger charge is -2.48. The number of rotatable bonds is 45. The van der Waals surface area contributed by atoms with E-state index < -0.39 is 255 Å². The van der Waals surface area contributed by atoms with Gasteiger partial charge in [0.15, 0.2) is 12.6 Å². The zero-order chi connectivity index (χ0) is 76.7. The highest BCUT2D eigenvalue weighted by atomic mass is 16.7. The summed E-state index contributed by atoms with van der Waals surface area (Å²) < 4.78 is 23.3. The van der Waals surface area contributed by atoms with Crippen LogP contribution in [-0.2, 0) is 95.7 Å². The Balaban J connectivity index is 2.17. The summed E-state index contributed by atoms with van der Waals surface area (Å²) in [5.74, 6) is -15.1. The number of hydrogen-bond acceptors (Lipinski definition) is 27. The third-order valence-corrected chi connectivity index (χ3v) is 15.6. The quantitative estimate of drug-likeness (QED) is 0.0252. The van der Waals surface area contributed by atoms with Crippen LogP contribution in [0.3, 0.4) is 0 Å². The van der Waals surface area contributed by atoms with Crippen LogP contribution in [-0.4, -0.2) is 273 Å². The van der Waals surface area contributed by atoms with Gasteiger partial charge in [-0.1, -0.05) is 0 Å². The van der Waals surface area contributed by atoms with Crippen molar-refractivity contribution in [3.63, 3.8) is 0 Å². The summed E-state index contributed by atoms with van der Waals surface area (Å²) in [6, 6.07) is -15.8. The Morgan fingerprint density at radius 2 is 0.921 bits per heavy atom. The fraction of sp³-hybridized carbons (Fsp3) is 0.724. The Hall–Kier alpha value is -8.92. The molecule has 2 saturated heterocycles. The Morgan fingerprint density at radius 1 is 0.465 bits per heavy atom. The molecule has 0 radical (unpaired) electrons. The molecular formula is C58H99N17O26. The number of aliphatic hydroxyl groups is 5. The molecule has 0 spiro atoms. The minimum atomic E-state index is -1.95. The predicted molar refractivity (Wildman–Crippen MR) is 342 cm³/mol. The van der Waals surface area contributed by atoms with Crippen LogP contribution in [0.5, 0.6) is 0 Å². The molecule has 2 aliphatic rings. The second-order valence-electron chi connectivity index (χ2n) is 24.2. The Kier molecular flexibility index (Phi) is 38.1. The first-order chi connectivity index (χ1) is 47.2. The standard InChI is InChI=1S/C58H99N17O26/c1-23(59)51(90)73-30(48(62)87)13-16-38(81)72-33(56(95)96)12-8-10-18-66-40(83)20-34(50(64)89)75-53(92)25(3)68-55(94)32(11-7-9-17-65-39(82)19-29(60)47(61)86)71-37(80)15-14-31(49(63)88)74-52(91)24(2)67-54(93)26(4)98-46-42(70-28(6)79)57(97)99-36(22-77)45(46)101-58-41(69-27(5)78)44(85)43(84)35(21-76)100-58/h23-26,29-36,41-46,57-58,76-77,84-85,97H,7-22,59-60H2,1-6H3,(H2,61,86)(H2,62,87)(H2,63,88)(H2,64,89)(H,65,82)(H,66,83)(H,67,93)(H,68,94)(H,69,78)(H,70,79)(H,71,80)(H,72,81)(H,73,90)(H,74,91)(H,75,92)(H,95,96). The third-order valence-electron chi connectivity index (χ3n) is 15.6. The number of carbonyl (C=O) groups is 16. The molecule has 0 saturated carbocycles. The smallest absolute Gasteiger partial charge is 0.326 e. The van der Waals surface area contributed by atoms with Gasteiger partial charge < -0.3 is 142 Å². The molecule has 20 atom stereocenters. The summed E-state index contributed by atoms with van der Waals surface area (Å²) in [4.78, 5) is 202. The largest absolute Gasteiger partial charge is 0.480 e. The van der Waals surface area contributed by atoms with Gasteiger partial charge in [0, 0.05) is 39.8 Å². The van der Waals surface area contributed by atoms with Crippen LogP contribution in [0.1, 0.15) is 119 Å². The van der Waals surface area contributed by atoms with Crippen LogP contribution >= 0.6 is 0 Å². The summed E-state index contributed by atoms with van der Waals surface area (Å²) in [6.45, 7) is 5.10. The van der Waals surface area contributed by atoms with E-state index in [2.05, 4.69) is 58.5 Å². The lowest BCUT2D eigenvalue weighted by atomic mass is 9.94. The van der Waals surface area contributed by atoms with Crippen LogP contribution in [0.2, 0.25) is 0 Å². The molecule has 2 rings (SSSR count). The summed E-state index contributed by atoms with van der Waals surface area (Å²) in [7, 11) is 0. The van der Waals surface area contributed by atoms with Crippen molar-refractivity contribution in [1.82, 2.24) is 58.5 Å². The van der Waals surface area contributed by atoms with E-state index in [0.29, 0.717) is 0 Å². The molecule has 20 unspecified atom stereocenters. The number of aliphatic hydroxyl groups excluding tert-OH is 5. The molecule has 29 N–H and O–H groups in total. The lowest BCUT2D eigenvalue weighted by molar-refractivity contribution is -0.333. The van der Waals surface area contributed by atoms with Crippen LogP contribution < -0.4 is 92.9 Å². The van der Waals surface area contributed by atoms with Crippen molar-refractivity contribution >= 4 is 94.6 Å². The molecule has 0 aromatic rings. The van der Waals surface area contributed by atoms with E-state index in [9.17, 15) is 107 Å². The number of nitrogens with one attached hydrogen (secondary N) is 11. The molecule has 101 heavy (non-hydrogen) atoms. The molecule has 2 heterocycles. The molecule has 572 valence electrons. The Bertz CT molecular complexity index is 2900. The maximum Gasteiger partial charge on any atom is 0.326 e. The maximum atomic E-state index is 13.8. The van der Waals surface area contributed by atoms with Gasteiger partial charge in [0.1, 0.15) is 97.1 Å². The molecule has 43 nitrogen and oxygen atoms in total. The van der Waals surface area contributed by atoms with E-state index in [1.807, 2.05) is 0 Å². The van der Waals surface area contributed by atoms with E-state index in [1.165, 1.54) is 20.8 Å². The number of aliphatic carboxylic acids is 1. The van der Waals surface area contributed by atoms with E-state index in [-0.39, 0.29) is 64.5 Å². The lowest BCUT2D eigenvalue weighted by Crippen LogP contribution is -2.70. The summed E-state index contributed by atoms with van der Waals surface area (Å²) in [5, 5.41) is 88.4. The minimum absolute atomic E-state index is 0.0169. The molecule has 2 fully saturated rings. The summed E-state index contributed by atoms with van der Waals surface area (Å²) >= 11 is 0. The SMILES string of the molecule is CC(=O)NC1C(OC2C(CO)OC(O)C(NC(C)=O)C2OC(C)C(=O)NC(C)C(=O)NC(CCC(=O)NC(CCCCNC(=O)CC(N)C(N)=O)C(=O)NC(C)C(=O)NC(CC(=O)NCCCCC(NC(=O)CCC(NC(=O)C(C)N)C(N)=O)C(=O)O)C(N)=O)C(N)=O)OC(CO)C(O)C1O. The Labute approximate surface area is 578 Å². The van der Waals surface area contributed by atoms with Crippen LogP contribution in [0, 0.1) is 0 Å². The molecular weight excluding hydrogens is 1350 g/mol. The third kappa shape index (κ3) is 30.8. The Morgan fingerprint density at radius 3 is 1.39 bits per heavy atom. The fourth-order valence-electron chi connectivity index (χ4n) is 9.93. The highest BCUT2D eigenvalue weighted by molar-refractivity contribution is 5.96. The molecule has 0 aliphatic carbocycles. The van der Waals surface area contributed by atoms with Crippen LogP contribution in [0.4, 0.5) is 0 Å². The number of carbonyl (C=O) groups excluding carboxylic acids is 15. The number of primary amides is 4. The first-order valence-corrected chi connectivity index (χ1v) is 32.2. The molecule has 0 aromatic heterocycles. The first-order valence-electron chi connectivity index (χ1n) is 32.2. The van der Waals surface area contributed by atoms with Crippen molar-refractivity contribution in [3.05, 3.63) is 0 Å². The topological polar surface area (TPSA) is 720 Å². The van der Waals surface area contributed by atoms with Gasteiger partial charge in [-0.3, -0.25) is 71.9 Å². The zero-order valence-corrected chi connectivity index (χ0v) is 56.7.